The first-order valence-electron chi connectivity index (χ1n) is 6.47. The van der Waals surface area contributed by atoms with E-state index in [1.807, 2.05) is 0 Å². The maximum atomic E-state index is 12.2. The molecule has 1 aliphatic rings. The number of phenols is 1. The standard InChI is InChI=1S/C14H17Br2NO2/c15-8-9-3-1-2-4-12(9)17-14(19)11-6-5-10(16)7-13(11)18/h5-7,9,12,18H,1-4,8H2,(H,17,19). The Labute approximate surface area is 130 Å². The number of hydrogen-bond acceptors (Lipinski definition) is 2. The van der Waals surface area contributed by atoms with E-state index in [0.717, 1.165) is 29.1 Å². The minimum Gasteiger partial charge on any atom is -0.507 e. The Morgan fingerprint density at radius 1 is 1.37 bits per heavy atom. The van der Waals surface area contributed by atoms with Crippen molar-refractivity contribution in [1.82, 2.24) is 5.32 Å². The van der Waals surface area contributed by atoms with Crippen molar-refractivity contribution < 1.29 is 9.90 Å². The smallest absolute Gasteiger partial charge is 0.255 e. The molecule has 2 atom stereocenters. The normalized spacial score (nSPS) is 23.1. The van der Waals surface area contributed by atoms with E-state index in [9.17, 15) is 9.90 Å². The molecule has 0 spiro atoms. The van der Waals surface area contributed by atoms with E-state index >= 15 is 0 Å². The Balaban J connectivity index is 2.07. The minimum absolute atomic E-state index is 0.0121. The van der Waals surface area contributed by atoms with E-state index in [1.54, 1.807) is 12.1 Å². The summed E-state index contributed by atoms with van der Waals surface area (Å²) in [5.74, 6) is 0.302. The lowest BCUT2D eigenvalue weighted by molar-refractivity contribution is 0.0909. The minimum atomic E-state index is -0.192. The van der Waals surface area contributed by atoms with E-state index < -0.39 is 0 Å². The van der Waals surface area contributed by atoms with E-state index in [4.69, 9.17) is 0 Å². The van der Waals surface area contributed by atoms with Gasteiger partial charge in [0, 0.05) is 15.8 Å². The van der Waals surface area contributed by atoms with Gasteiger partial charge in [0.05, 0.1) is 5.56 Å². The Kier molecular flexibility index (Phi) is 5.28. The number of carbonyl (C=O) groups excluding carboxylic acids is 1. The first kappa shape index (κ1) is 14.9. The fourth-order valence-corrected chi connectivity index (χ4v) is 3.65. The molecule has 0 heterocycles. The van der Waals surface area contributed by atoms with Gasteiger partial charge in [0.1, 0.15) is 5.75 Å². The Bertz CT molecular complexity index is 465. The van der Waals surface area contributed by atoms with Crippen molar-refractivity contribution in [2.45, 2.75) is 31.7 Å². The van der Waals surface area contributed by atoms with Crippen LogP contribution in [-0.2, 0) is 0 Å². The zero-order valence-electron chi connectivity index (χ0n) is 10.5. The number of alkyl halides is 1. The van der Waals surface area contributed by atoms with Gasteiger partial charge < -0.3 is 10.4 Å². The summed E-state index contributed by atoms with van der Waals surface area (Å²) < 4.78 is 0.762. The molecule has 1 aromatic rings. The van der Waals surface area contributed by atoms with Crippen molar-refractivity contribution in [3.05, 3.63) is 28.2 Å². The Morgan fingerprint density at radius 3 is 2.79 bits per heavy atom. The highest BCUT2D eigenvalue weighted by Crippen LogP contribution is 2.27. The van der Waals surface area contributed by atoms with Gasteiger partial charge in [0.2, 0.25) is 0 Å². The Hall–Kier alpha value is -0.550. The van der Waals surface area contributed by atoms with Crippen molar-refractivity contribution in [2.24, 2.45) is 5.92 Å². The highest BCUT2D eigenvalue weighted by Gasteiger charge is 2.26. The number of rotatable bonds is 3. The Morgan fingerprint density at radius 2 is 2.11 bits per heavy atom. The summed E-state index contributed by atoms with van der Waals surface area (Å²) in [4.78, 5) is 12.2. The molecule has 104 valence electrons. The molecule has 19 heavy (non-hydrogen) atoms. The van der Waals surface area contributed by atoms with E-state index in [0.29, 0.717) is 11.5 Å². The molecule has 5 heteroatoms. The molecule has 1 aliphatic carbocycles. The molecule has 0 saturated heterocycles. The maximum absolute atomic E-state index is 12.2. The predicted octanol–water partition coefficient (Wildman–Crippen LogP) is 3.84. The van der Waals surface area contributed by atoms with Gasteiger partial charge in [-0.2, -0.15) is 0 Å². The molecule has 1 saturated carbocycles. The molecule has 2 rings (SSSR count). The molecule has 0 radical (unpaired) electrons. The molecule has 0 aliphatic heterocycles. The summed E-state index contributed by atoms with van der Waals surface area (Å²) in [6.45, 7) is 0. The fraction of sp³-hybridized carbons (Fsp3) is 0.500. The second-order valence-corrected chi connectivity index (χ2v) is 6.50. The van der Waals surface area contributed by atoms with Crippen LogP contribution in [0, 0.1) is 5.92 Å². The van der Waals surface area contributed by atoms with Crippen LogP contribution in [0.15, 0.2) is 22.7 Å². The lowest BCUT2D eigenvalue weighted by Crippen LogP contribution is -2.42. The molecule has 1 amide bonds. The lowest BCUT2D eigenvalue weighted by atomic mass is 9.86. The van der Waals surface area contributed by atoms with Gasteiger partial charge >= 0.3 is 0 Å². The topological polar surface area (TPSA) is 49.3 Å². The zero-order valence-corrected chi connectivity index (χ0v) is 13.7. The van der Waals surface area contributed by atoms with Crippen LogP contribution >= 0.6 is 31.9 Å². The third-order valence-electron chi connectivity index (χ3n) is 3.63. The molecule has 0 bridgehead atoms. The van der Waals surface area contributed by atoms with Gasteiger partial charge in [-0.1, -0.05) is 44.7 Å². The largest absolute Gasteiger partial charge is 0.507 e. The van der Waals surface area contributed by atoms with Crippen molar-refractivity contribution in [1.29, 1.82) is 0 Å². The summed E-state index contributed by atoms with van der Waals surface area (Å²) in [6, 6.07) is 5.14. The first-order chi connectivity index (χ1) is 9.11. The summed E-state index contributed by atoms with van der Waals surface area (Å²) in [7, 11) is 0. The summed E-state index contributed by atoms with van der Waals surface area (Å²) >= 11 is 6.78. The number of nitrogens with one attached hydrogen (secondary N) is 1. The number of halogens is 2. The average molecular weight is 391 g/mol. The highest BCUT2D eigenvalue weighted by atomic mass is 79.9. The van der Waals surface area contributed by atoms with Gasteiger partial charge in [0.15, 0.2) is 0 Å². The van der Waals surface area contributed by atoms with Crippen LogP contribution in [0.1, 0.15) is 36.0 Å². The van der Waals surface area contributed by atoms with Crippen LogP contribution in [0.2, 0.25) is 0 Å². The van der Waals surface area contributed by atoms with Crippen molar-refractivity contribution >= 4 is 37.8 Å². The fourth-order valence-electron chi connectivity index (χ4n) is 2.53. The molecule has 2 unspecified atom stereocenters. The molecule has 1 aromatic carbocycles. The van der Waals surface area contributed by atoms with E-state index in [2.05, 4.69) is 37.2 Å². The number of aromatic hydroxyl groups is 1. The second kappa shape index (κ2) is 6.75. The third kappa shape index (κ3) is 3.72. The quantitative estimate of drug-likeness (QED) is 0.770. The lowest BCUT2D eigenvalue weighted by Gasteiger charge is -2.31. The van der Waals surface area contributed by atoms with Crippen molar-refractivity contribution in [3.8, 4) is 5.75 Å². The SMILES string of the molecule is O=C(NC1CCCCC1CBr)c1ccc(Br)cc1O. The summed E-state index contributed by atoms with van der Waals surface area (Å²) in [5.41, 5.74) is 0.335. The van der Waals surface area contributed by atoms with E-state index in [-0.39, 0.29) is 17.7 Å². The molecule has 2 N–H and O–H groups in total. The van der Waals surface area contributed by atoms with Gasteiger partial charge in [0.25, 0.3) is 5.91 Å². The molecule has 3 nitrogen and oxygen atoms in total. The van der Waals surface area contributed by atoms with Crippen LogP contribution in [0.5, 0.6) is 5.75 Å². The number of amides is 1. The molecular formula is C14H17Br2NO2. The maximum Gasteiger partial charge on any atom is 0.255 e. The summed E-state index contributed by atoms with van der Waals surface area (Å²) in [6.07, 6.45) is 4.54. The first-order valence-corrected chi connectivity index (χ1v) is 8.38. The second-order valence-electron chi connectivity index (χ2n) is 4.94. The zero-order chi connectivity index (χ0) is 13.8. The third-order valence-corrected chi connectivity index (χ3v) is 4.95. The van der Waals surface area contributed by atoms with Gasteiger partial charge in [-0.25, -0.2) is 0 Å². The predicted molar refractivity (Wildman–Crippen MR) is 82.8 cm³/mol. The van der Waals surface area contributed by atoms with Gasteiger partial charge in [-0.05, 0) is 37.0 Å². The number of carbonyl (C=O) groups is 1. The number of hydrogen-bond donors (Lipinski definition) is 2. The van der Waals surface area contributed by atoms with Gasteiger partial charge in [-0.3, -0.25) is 4.79 Å². The number of benzene rings is 1. The summed E-state index contributed by atoms with van der Waals surface area (Å²) in [5, 5.41) is 13.8. The van der Waals surface area contributed by atoms with Crippen LogP contribution in [0.3, 0.4) is 0 Å². The van der Waals surface area contributed by atoms with Gasteiger partial charge in [-0.15, -0.1) is 0 Å². The van der Waals surface area contributed by atoms with E-state index in [1.165, 1.54) is 12.5 Å². The van der Waals surface area contributed by atoms with Crippen LogP contribution in [-0.4, -0.2) is 22.4 Å². The molecule has 1 fully saturated rings. The molecule has 0 aromatic heterocycles. The number of phenolic OH excluding ortho intramolecular Hbond substituents is 1. The van der Waals surface area contributed by atoms with Crippen molar-refractivity contribution in [3.63, 3.8) is 0 Å². The van der Waals surface area contributed by atoms with Crippen LogP contribution in [0.25, 0.3) is 0 Å². The average Bonchev–Trinajstić information content (AvgIpc) is 2.39. The van der Waals surface area contributed by atoms with Crippen LogP contribution < -0.4 is 5.32 Å². The van der Waals surface area contributed by atoms with Crippen LogP contribution in [0.4, 0.5) is 0 Å². The molecular weight excluding hydrogens is 374 g/mol. The monoisotopic (exact) mass is 389 g/mol. The van der Waals surface area contributed by atoms with Crippen molar-refractivity contribution in [2.75, 3.05) is 5.33 Å². The highest BCUT2D eigenvalue weighted by molar-refractivity contribution is 9.10.